The molecule has 3 heterocycles. The number of piperidine rings is 1. The van der Waals surface area contributed by atoms with Gasteiger partial charge in [0.2, 0.25) is 10.0 Å². The Labute approximate surface area is 164 Å². The predicted octanol–water partition coefficient (Wildman–Crippen LogP) is 2.68. The summed E-state index contributed by atoms with van der Waals surface area (Å²) < 4.78 is 38.7. The largest absolute Gasteiger partial charge is 0.486 e. The highest BCUT2D eigenvalue weighted by Gasteiger charge is 2.22. The second kappa shape index (κ2) is 8.18. The lowest BCUT2D eigenvalue weighted by Gasteiger charge is -2.31. The van der Waals surface area contributed by atoms with Crippen molar-refractivity contribution in [3.63, 3.8) is 0 Å². The summed E-state index contributed by atoms with van der Waals surface area (Å²) in [5.74, 6) is 1.73. The minimum absolute atomic E-state index is 0.211. The van der Waals surface area contributed by atoms with Crippen LogP contribution in [0, 0.1) is 0 Å². The van der Waals surface area contributed by atoms with Gasteiger partial charge in [-0.05, 0) is 55.4 Å². The van der Waals surface area contributed by atoms with E-state index in [1.807, 2.05) is 11.3 Å². The van der Waals surface area contributed by atoms with E-state index in [1.165, 1.54) is 10.9 Å². The van der Waals surface area contributed by atoms with Gasteiger partial charge in [-0.3, -0.25) is 0 Å². The van der Waals surface area contributed by atoms with Gasteiger partial charge in [-0.1, -0.05) is 6.07 Å². The molecule has 8 heteroatoms. The van der Waals surface area contributed by atoms with Crippen LogP contribution < -0.4 is 14.2 Å². The maximum Gasteiger partial charge on any atom is 0.240 e. The first-order valence-corrected chi connectivity index (χ1v) is 11.6. The molecule has 1 N–H and O–H groups in total. The minimum Gasteiger partial charge on any atom is -0.486 e. The third-order valence-corrected chi connectivity index (χ3v) is 7.57. The number of likely N-dealkylation sites (tertiary alicyclic amines) is 1. The number of benzene rings is 1. The summed E-state index contributed by atoms with van der Waals surface area (Å²) in [6.45, 7) is 4.07. The Balaban J connectivity index is 1.27. The monoisotopic (exact) mass is 408 g/mol. The molecule has 0 amide bonds. The van der Waals surface area contributed by atoms with E-state index in [0.717, 1.165) is 32.5 Å². The molecule has 0 unspecified atom stereocenters. The minimum atomic E-state index is -3.55. The normalized spacial score (nSPS) is 18.5. The van der Waals surface area contributed by atoms with Crippen LogP contribution in [0.2, 0.25) is 0 Å². The van der Waals surface area contributed by atoms with Crippen molar-refractivity contribution in [2.45, 2.75) is 23.7 Å². The quantitative estimate of drug-likeness (QED) is 0.796. The average Bonchev–Trinajstić information content (AvgIpc) is 3.23. The van der Waals surface area contributed by atoms with E-state index < -0.39 is 10.0 Å². The van der Waals surface area contributed by atoms with E-state index in [0.29, 0.717) is 37.2 Å². The zero-order valence-electron chi connectivity index (χ0n) is 15.1. The van der Waals surface area contributed by atoms with Crippen molar-refractivity contribution in [1.82, 2.24) is 9.62 Å². The van der Waals surface area contributed by atoms with E-state index in [4.69, 9.17) is 9.47 Å². The van der Waals surface area contributed by atoms with E-state index >= 15 is 0 Å². The fraction of sp³-hybridized carbons (Fsp3) is 0.474. The molecule has 0 radical (unpaired) electrons. The smallest absolute Gasteiger partial charge is 0.240 e. The lowest BCUT2D eigenvalue weighted by molar-refractivity contribution is 0.171. The van der Waals surface area contributed by atoms with Crippen LogP contribution in [-0.2, 0) is 10.0 Å². The topological polar surface area (TPSA) is 67.9 Å². The molecular formula is C19H24N2O4S2. The van der Waals surface area contributed by atoms with E-state index in [1.54, 1.807) is 12.1 Å². The summed E-state index contributed by atoms with van der Waals surface area (Å²) in [5, 5.41) is 2.13. The van der Waals surface area contributed by atoms with Crippen LogP contribution >= 0.6 is 11.3 Å². The summed E-state index contributed by atoms with van der Waals surface area (Å²) >= 11 is 1.83. The van der Waals surface area contributed by atoms with Crippen LogP contribution in [0.25, 0.3) is 0 Å². The van der Waals surface area contributed by atoms with Gasteiger partial charge in [-0.15, -0.1) is 11.3 Å². The molecule has 27 heavy (non-hydrogen) atoms. The van der Waals surface area contributed by atoms with E-state index in [9.17, 15) is 8.42 Å². The number of thiophene rings is 1. The summed E-state index contributed by atoms with van der Waals surface area (Å²) in [7, 11) is -3.55. The van der Waals surface area contributed by atoms with Crippen molar-refractivity contribution in [2.24, 2.45) is 0 Å². The Kier molecular flexibility index (Phi) is 5.68. The molecule has 1 fully saturated rings. The van der Waals surface area contributed by atoms with Gasteiger partial charge in [0.05, 0.1) is 4.90 Å². The molecule has 6 nitrogen and oxygen atoms in total. The number of ether oxygens (including phenoxy) is 2. The van der Waals surface area contributed by atoms with E-state index in [-0.39, 0.29) is 4.90 Å². The molecule has 0 atom stereocenters. The number of hydrogen-bond acceptors (Lipinski definition) is 6. The van der Waals surface area contributed by atoms with Gasteiger partial charge in [0.1, 0.15) is 13.2 Å². The van der Waals surface area contributed by atoms with Crippen molar-refractivity contribution in [3.05, 3.63) is 40.6 Å². The molecule has 0 aliphatic carbocycles. The van der Waals surface area contributed by atoms with Crippen molar-refractivity contribution >= 4 is 21.4 Å². The van der Waals surface area contributed by atoms with Crippen LogP contribution in [0.5, 0.6) is 11.5 Å². The first-order valence-electron chi connectivity index (χ1n) is 9.27. The van der Waals surface area contributed by atoms with Gasteiger partial charge in [-0.2, -0.15) is 0 Å². The number of fused-ring (bicyclic) bond motifs is 1. The van der Waals surface area contributed by atoms with Gasteiger partial charge in [0.15, 0.2) is 11.5 Å². The molecule has 2 aliphatic rings. The molecule has 1 aromatic carbocycles. The molecule has 146 valence electrons. The van der Waals surface area contributed by atoms with Gasteiger partial charge in [-0.25, -0.2) is 13.1 Å². The molecule has 0 spiro atoms. The Bertz CT molecular complexity index is 860. The Morgan fingerprint density at radius 2 is 1.89 bits per heavy atom. The highest BCUT2D eigenvalue weighted by atomic mass is 32.2. The SMILES string of the molecule is O=S(=O)(NCCN1CCC(c2cccs2)CC1)c1ccc2c(c1)OCCO2. The number of nitrogens with one attached hydrogen (secondary N) is 1. The lowest BCUT2D eigenvalue weighted by Crippen LogP contribution is -2.39. The first kappa shape index (κ1) is 18.7. The fourth-order valence-electron chi connectivity index (χ4n) is 3.58. The molecule has 1 aromatic heterocycles. The average molecular weight is 409 g/mol. The summed E-state index contributed by atoms with van der Waals surface area (Å²) in [6.07, 6.45) is 2.27. The van der Waals surface area contributed by atoms with Crippen LogP contribution in [0.4, 0.5) is 0 Å². The van der Waals surface area contributed by atoms with Crippen molar-refractivity contribution < 1.29 is 17.9 Å². The van der Waals surface area contributed by atoms with Crippen LogP contribution in [0.1, 0.15) is 23.6 Å². The molecule has 2 aromatic rings. The van der Waals surface area contributed by atoms with Crippen LogP contribution in [0.15, 0.2) is 40.6 Å². The Morgan fingerprint density at radius 3 is 2.63 bits per heavy atom. The van der Waals surface area contributed by atoms with Gasteiger partial charge < -0.3 is 14.4 Å². The zero-order valence-corrected chi connectivity index (χ0v) is 16.7. The molecule has 1 saturated heterocycles. The number of sulfonamides is 1. The van der Waals surface area contributed by atoms with Crippen LogP contribution in [-0.4, -0.2) is 52.7 Å². The fourth-order valence-corrected chi connectivity index (χ4v) is 5.51. The highest BCUT2D eigenvalue weighted by molar-refractivity contribution is 7.89. The van der Waals surface area contributed by atoms with E-state index in [2.05, 4.69) is 27.1 Å². The van der Waals surface area contributed by atoms with Crippen molar-refractivity contribution in [3.8, 4) is 11.5 Å². The summed E-state index contributed by atoms with van der Waals surface area (Å²) in [4.78, 5) is 4.01. The number of hydrogen-bond donors (Lipinski definition) is 1. The molecule has 4 rings (SSSR count). The molecule has 2 aliphatic heterocycles. The van der Waals surface area contributed by atoms with Gasteiger partial charge in [0, 0.05) is 24.0 Å². The Morgan fingerprint density at radius 1 is 1.11 bits per heavy atom. The van der Waals surface area contributed by atoms with Gasteiger partial charge in [0.25, 0.3) is 0 Å². The van der Waals surface area contributed by atoms with Gasteiger partial charge >= 0.3 is 0 Å². The number of rotatable bonds is 6. The van der Waals surface area contributed by atoms with Crippen molar-refractivity contribution in [2.75, 3.05) is 39.4 Å². The third-order valence-electron chi connectivity index (χ3n) is 5.08. The predicted molar refractivity (Wildman–Crippen MR) is 105 cm³/mol. The maximum absolute atomic E-state index is 12.5. The number of nitrogens with zero attached hydrogens (tertiary/aromatic N) is 1. The first-order chi connectivity index (χ1) is 13.1. The second-order valence-electron chi connectivity index (χ2n) is 6.83. The maximum atomic E-state index is 12.5. The Hall–Kier alpha value is -1.61. The lowest BCUT2D eigenvalue weighted by atomic mass is 9.95. The zero-order chi connectivity index (χ0) is 18.7. The molecular weight excluding hydrogens is 384 g/mol. The van der Waals surface area contributed by atoms with Crippen LogP contribution in [0.3, 0.4) is 0 Å². The highest BCUT2D eigenvalue weighted by Crippen LogP contribution is 2.32. The standard InChI is InChI=1S/C19H24N2O4S2/c22-27(23,16-3-4-17-18(14-16)25-12-11-24-17)20-7-10-21-8-5-15(6-9-21)19-2-1-13-26-19/h1-4,13-15,20H,5-12H2. The molecule has 0 saturated carbocycles. The second-order valence-corrected chi connectivity index (χ2v) is 9.58. The van der Waals surface area contributed by atoms with Crippen molar-refractivity contribution in [1.29, 1.82) is 0 Å². The summed E-state index contributed by atoms with van der Waals surface area (Å²) in [6, 6.07) is 9.07. The summed E-state index contributed by atoms with van der Waals surface area (Å²) in [5.41, 5.74) is 0. The third kappa shape index (κ3) is 4.45. The molecule has 0 bridgehead atoms.